The normalized spacial score (nSPS) is 12.9. The molecular weight excluding hydrogens is 338 g/mol. The van der Waals surface area contributed by atoms with E-state index in [4.69, 9.17) is 0 Å². The molecule has 0 unspecified atom stereocenters. The molecule has 8 heteroatoms. The predicted molar refractivity (Wildman–Crippen MR) is 91.5 cm³/mol. The molecule has 8 nitrogen and oxygen atoms in total. The lowest BCUT2D eigenvalue weighted by Gasteiger charge is -2.14. The van der Waals surface area contributed by atoms with Gasteiger partial charge in [-0.3, -0.25) is 29.4 Å². The molecule has 2 aromatic carbocycles. The van der Waals surface area contributed by atoms with Gasteiger partial charge in [-0.2, -0.15) is 0 Å². The molecule has 0 fully saturated rings. The fourth-order valence-electron chi connectivity index (χ4n) is 2.81. The highest BCUT2D eigenvalue weighted by atomic mass is 16.6. The van der Waals surface area contributed by atoms with Gasteiger partial charge in [0.2, 0.25) is 5.91 Å². The molecule has 132 valence electrons. The molecule has 2 aromatic rings. The monoisotopic (exact) mass is 353 g/mol. The molecule has 3 amide bonds. The molecule has 0 spiro atoms. The Morgan fingerprint density at radius 1 is 1.12 bits per heavy atom. The number of fused-ring (bicyclic) bond motifs is 1. The highest BCUT2D eigenvalue weighted by Crippen LogP contribution is 2.30. The van der Waals surface area contributed by atoms with E-state index in [1.165, 1.54) is 12.1 Å². The number of nitrogens with one attached hydrogen (secondary N) is 1. The smallest absolute Gasteiger partial charge is 0.282 e. The Labute approximate surface area is 148 Å². The van der Waals surface area contributed by atoms with Crippen LogP contribution in [0.15, 0.2) is 42.5 Å². The molecule has 3 rings (SSSR count). The molecule has 0 atom stereocenters. The Bertz CT molecular complexity index is 938. The van der Waals surface area contributed by atoms with E-state index in [2.05, 4.69) is 5.32 Å². The van der Waals surface area contributed by atoms with E-state index in [1.54, 1.807) is 0 Å². The number of hydrogen-bond donors (Lipinski definition) is 1. The number of amides is 3. The van der Waals surface area contributed by atoms with Crippen LogP contribution < -0.4 is 5.32 Å². The van der Waals surface area contributed by atoms with Crippen molar-refractivity contribution in [3.8, 4) is 0 Å². The topological polar surface area (TPSA) is 110 Å². The van der Waals surface area contributed by atoms with Crippen molar-refractivity contribution in [2.75, 3.05) is 6.54 Å². The van der Waals surface area contributed by atoms with Crippen LogP contribution in [0.3, 0.4) is 0 Å². The summed E-state index contributed by atoms with van der Waals surface area (Å²) in [4.78, 5) is 48.0. The zero-order valence-corrected chi connectivity index (χ0v) is 13.9. The maximum absolute atomic E-state index is 12.4. The van der Waals surface area contributed by atoms with E-state index in [1.807, 2.05) is 31.2 Å². The van der Waals surface area contributed by atoms with Crippen LogP contribution in [0.1, 0.15) is 31.8 Å². The van der Waals surface area contributed by atoms with E-state index >= 15 is 0 Å². The van der Waals surface area contributed by atoms with E-state index < -0.39 is 34.9 Å². The molecule has 0 radical (unpaired) electrons. The molecule has 1 aliphatic rings. The molecule has 0 aliphatic carbocycles. The first kappa shape index (κ1) is 17.3. The van der Waals surface area contributed by atoms with E-state index in [9.17, 15) is 24.5 Å². The molecule has 1 aliphatic heterocycles. The van der Waals surface area contributed by atoms with Crippen molar-refractivity contribution in [3.63, 3.8) is 0 Å². The van der Waals surface area contributed by atoms with Crippen molar-refractivity contribution in [2.24, 2.45) is 0 Å². The molecule has 1 heterocycles. The number of carbonyl (C=O) groups excluding carboxylic acids is 3. The van der Waals surface area contributed by atoms with Gasteiger partial charge in [-0.05, 0) is 24.1 Å². The third-order valence-electron chi connectivity index (χ3n) is 4.21. The summed E-state index contributed by atoms with van der Waals surface area (Å²) in [5.74, 6) is -2.06. The van der Waals surface area contributed by atoms with Gasteiger partial charge in [0, 0.05) is 12.6 Å². The number of rotatable bonds is 5. The maximum atomic E-state index is 12.4. The van der Waals surface area contributed by atoms with Gasteiger partial charge in [0.1, 0.15) is 12.1 Å². The van der Waals surface area contributed by atoms with Crippen molar-refractivity contribution in [1.29, 1.82) is 0 Å². The molecule has 26 heavy (non-hydrogen) atoms. The summed E-state index contributed by atoms with van der Waals surface area (Å²) < 4.78 is 0. The Morgan fingerprint density at radius 3 is 2.54 bits per heavy atom. The van der Waals surface area contributed by atoms with Crippen LogP contribution in [-0.2, 0) is 11.3 Å². The Hall–Kier alpha value is -3.55. The van der Waals surface area contributed by atoms with Crippen LogP contribution in [0.5, 0.6) is 0 Å². The summed E-state index contributed by atoms with van der Waals surface area (Å²) in [6.07, 6.45) is 0. The van der Waals surface area contributed by atoms with Crippen LogP contribution in [0.4, 0.5) is 5.69 Å². The van der Waals surface area contributed by atoms with Gasteiger partial charge >= 0.3 is 0 Å². The summed E-state index contributed by atoms with van der Waals surface area (Å²) in [5.41, 5.74) is 1.15. The van der Waals surface area contributed by atoms with Gasteiger partial charge in [0.05, 0.1) is 10.5 Å². The summed E-state index contributed by atoms with van der Waals surface area (Å²) in [6, 6.07) is 11.3. The third kappa shape index (κ3) is 3.04. The van der Waals surface area contributed by atoms with Gasteiger partial charge in [0.25, 0.3) is 17.5 Å². The number of nitro benzene ring substituents is 1. The minimum atomic E-state index is -0.830. The largest absolute Gasteiger partial charge is 0.350 e. The summed E-state index contributed by atoms with van der Waals surface area (Å²) in [5, 5.41) is 13.7. The first-order chi connectivity index (χ1) is 12.4. The molecule has 0 aromatic heterocycles. The van der Waals surface area contributed by atoms with Crippen molar-refractivity contribution in [3.05, 3.63) is 74.8 Å². The van der Waals surface area contributed by atoms with E-state index in [0.717, 1.165) is 22.1 Å². The lowest BCUT2D eigenvalue weighted by atomic mass is 10.1. The summed E-state index contributed by atoms with van der Waals surface area (Å²) in [7, 11) is 0. The second-order valence-electron chi connectivity index (χ2n) is 5.86. The first-order valence-electron chi connectivity index (χ1n) is 7.85. The van der Waals surface area contributed by atoms with E-state index in [-0.39, 0.29) is 17.7 Å². The van der Waals surface area contributed by atoms with Crippen molar-refractivity contribution >= 4 is 23.4 Å². The third-order valence-corrected chi connectivity index (χ3v) is 4.21. The average molecular weight is 353 g/mol. The average Bonchev–Trinajstić information content (AvgIpc) is 2.86. The van der Waals surface area contributed by atoms with Crippen LogP contribution >= 0.6 is 0 Å². The second-order valence-corrected chi connectivity index (χ2v) is 5.86. The summed E-state index contributed by atoms with van der Waals surface area (Å²) in [6.45, 7) is 1.68. The van der Waals surface area contributed by atoms with Gasteiger partial charge in [-0.1, -0.05) is 30.3 Å². The molecule has 0 bridgehead atoms. The van der Waals surface area contributed by atoms with Crippen molar-refractivity contribution in [2.45, 2.75) is 13.5 Å². The number of nitrogens with zero attached hydrogens (tertiary/aromatic N) is 2. The van der Waals surface area contributed by atoms with Crippen LogP contribution in [-0.4, -0.2) is 34.1 Å². The van der Waals surface area contributed by atoms with Crippen molar-refractivity contribution in [1.82, 2.24) is 10.2 Å². The zero-order valence-electron chi connectivity index (χ0n) is 13.9. The zero-order chi connectivity index (χ0) is 18.8. The van der Waals surface area contributed by atoms with Crippen LogP contribution in [0, 0.1) is 17.0 Å². The number of carbonyl (C=O) groups is 3. The second kappa shape index (κ2) is 6.75. The molecule has 0 saturated heterocycles. The Balaban J connectivity index is 1.73. The lowest BCUT2D eigenvalue weighted by Crippen LogP contribution is -2.40. The van der Waals surface area contributed by atoms with Gasteiger partial charge in [-0.15, -0.1) is 0 Å². The fraction of sp³-hybridized carbons (Fsp3) is 0.167. The van der Waals surface area contributed by atoms with Crippen LogP contribution in [0.2, 0.25) is 0 Å². The van der Waals surface area contributed by atoms with E-state index in [0.29, 0.717) is 0 Å². The minimum absolute atomic E-state index is 0.0593. The number of benzene rings is 2. The Morgan fingerprint density at radius 2 is 1.85 bits per heavy atom. The predicted octanol–water partition coefficient (Wildman–Crippen LogP) is 1.82. The number of hydrogen-bond acceptors (Lipinski definition) is 5. The summed E-state index contributed by atoms with van der Waals surface area (Å²) >= 11 is 0. The number of nitro groups is 1. The van der Waals surface area contributed by atoms with Crippen LogP contribution in [0.25, 0.3) is 0 Å². The molecule has 0 saturated carbocycles. The maximum Gasteiger partial charge on any atom is 0.282 e. The van der Waals surface area contributed by atoms with Gasteiger partial charge in [-0.25, -0.2) is 0 Å². The molecular formula is C18H15N3O5. The Kier molecular flexibility index (Phi) is 4.49. The SMILES string of the molecule is Cc1ccccc1CNC(=O)CN1C(=O)c2cccc([N+](=O)[O-])c2C1=O. The minimum Gasteiger partial charge on any atom is -0.350 e. The fourth-order valence-corrected chi connectivity index (χ4v) is 2.81. The molecule has 1 N–H and O–H groups in total. The van der Waals surface area contributed by atoms with Crippen molar-refractivity contribution < 1.29 is 19.3 Å². The first-order valence-corrected chi connectivity index (χ1v) is 7.85. The van der Waals surface area contributed by atoms with Gasteiger partial charge in [0.15, 0.2) is 0 Å². The highest BCUT2D eigenvalue weighted by molar-refractivity contribution is 6.24. The van der Waals surface area contributed by atoms with Gasteiger partial charge < -0.3 is 5.32 Å². The lowest BCUT2D eigenvalue weighted by molar-refractivity contribution is -0.385. The number of imide groups is 1. The highest BCUT2D eigenvalue weighted by Gasteiger charge is 2.41. The number of aryl methyl sites for hydroxylation is 1. The quantitative estimate of drug-likeness (QED) is 0.501. The standard InChI is InChI=1S/C18H15N3O5/c1-11-5-2-3-6-12(11)9-19-15(22)10-20-17(23)13-7-4-8-14(21(25)26)16(13)18(20)24/h2-8H,9-10H2,1H3,(H,19,22).